The number of hydrogen-bond donors (Lipinski definition) is 0. The molecule has 0 bridgehead atoms. The van der Waals surface area contributed by atoms with Gasteiger partial charge in [0, 0.05) is 16.5 Å². The summed E-state index contributed by atoms with van der Waals surface area (Å²) >= 11 is 3.43. The van der Waals surface area contributed by atoms with Crippen molar-refractivity contribution >= 4 is 32.5 Å². The van der Waals surface area contributed by atoms with Gasteiger partial charge in [-0.25, -0.2) is 0 Å². The lowest BCUT2D eigenvalue weighted by molar-refractivity contribution is 0.0990. The smallest absolute Gasteiger partial charge is 0.163 e. The molecule has 0 radical (unpaired) electrons. The Labute approximate surface area is 97.2 Å². The monoisotopic (exact) mass is 262 g/mol. The van der Waals surface area contributed by atoms with Gasteiger partial charge in [0.25, 0.3) is 0 Å². The van der Waals surface area contributed by atoms with Crippen LogP contribution in [0.25, 0.3) is 10.8 Å². The predicted octanol–water partition coefficient (Wildman–Crippen LogP) is 4.20. The largest absolute Gasteiger partial charge is 0.294 e. The van der Waals surface area contributed by atoms with Gasteiger partial charge in [0.2, 0.25) is 0 Å². The normalized spacial score (nSPS) is 10.5. The van der Waals surface area contributed by atoms with Crippen LogP contribution in [0.15, 0.2) is 40.9 Å². The summed E-state index contributed by atoms with van der Waals surface area (Å²) in [4.78, 5) is 11.7. The van der Waals surface area contributed by atoms with Crippen molar-refractivity contribution in [2.45, 2.75) is 13.3 Å². The standard InChI is InChI=1S/C13H11BrO/c1-2-13(15)11-5-3-4-9-6-7-10(14)8-12(9)11/h3-8H,2H2,1H3. The number of carbonyl (C=O) groups excluding carboxylic acids is 1. The molecule has 2 rings (SSSR count). The summed E-state index contributed by atoms with van der Waals surface area (Å²) < 4.78 is 1.01. The van der Waals surface area contributed by atoms with E-state index in [0.29, 0.717) is 6.42 Å². The van der Waals surface area contributed by atoms with Crippen molar-refractivity contribution in [1.29, 1.82) is 0 Å². The van der Waals surface area contributed by atoms with Gasteiger partial charge in [-0.15, -0.1) is 0 Å². The van der Waals surface area contributed by atoms with E-state index in [4.69, 9.17) is 0 Å². The maximum atomic E-state index is 11.7. The van der Waals surface area contributed by atoms with Crippen molar-refractivity contribution in [2.24, 2.45) is 0 Å². The molecule has 0 unspecified atom stereocenters. The van der Waals surface area contributed by atoms with E-state index >= 15 is 0 Å². The number of Topliss-reactive ketones (excluding diaryl/α,β-unsaturated/α-hetero) is 1. The maximum absolute atomic E-state index is 11.7. The summed E-state index contributed by atoms with van der Waals surface area (Å²) in [6.45, 7) is 1.89. The predicted molar refractivity (Wildman–Crippen MR) is 66.3 cm³/mol. The minimum absolute atomic E-state index is 0.193. The first-order valence-electron chi connectivity index (χ1n) is 4.94. The van der Waals surface area contributed by atoms with Crippen LogP contribution < -0.4 is 0 Å². The number of benzene rings is 2. The van der Waals surface area contributed by atoms with Gasteiger partial charge in [0.05, 0.1) is 0 Å². The highest BCUT2D eigenvalue weighted by atomic mass is 79.9. The number of halogens is 1. The van der Waals surface area contributed by atoms with Crippen LogP contribution in [0.2, 0.25) is 0 Å². The van der Waals surface area contributed by atoms with Gasteiger partial charge in [0.15, 0.2) is 5.78 Å². The molecular weight excluding hydrogens is 252 g/mol. The van der Waals surface area contributed by atoms with Gasteiger partial charge in [-0.1, -0.05) is 47.1 Å². The first-order valence-corrected chi connectivity index (χ1v) is 5.73. The number of hydrogen-bond acceptors (Lipinski definition) is 1. The van der Waals surface area contributed by atoms with Gasteiger partial charge in [-0.05, 0) is 22.9 Å². The molecule has 0 saturated carbocycles. The van der Waals surface area contributed by atoms with Gasteiger partial charge >= 0.3 is 0 Å². The molecule has 0 aliphatic carbocycles. The van der Waals surface area contributed by atoms with E-state index in [1.807, 2.05) is 43.3 Å². The Kier molecular flexibility index (Phi) is 2.87. The van der Waals surface area contributed by atoms with Crippen molar-refractivity contribution in [2.75, 3.05) is 0 Å². The Balaban J connectivity index is 2.74. The van der Waals surface area contributed by atoms with Crippen molar-refractivity contribution < 1.29 is 4.79 Å². The molecule has 0 atom stereocenters. The second-order valence-corrected chi connectivity index (χ2v) is 4.36. The molecule has 15 heavy (non-hydrogen) atoms. The van der Waals surface area contributed by atoms with Crippen molar-refractivity contribution in [3.05, 3.63) is 46.4 Å². The van der Waals surface area contributed by atoms with E-state index < -0.39 is 0 Å². The van der Waals surface area contributed by atoms with Crippen LogP contribution in [0, 0.1) is 0 Å². The van der Waals surface area contributed by atoms with Gasteiger partial charge in [-0.3, -0.25) is 4.79 Å². The van der Waals surface area contributed by atoms with Crippen LogP contribution in [-0.2, 0) is 0 Å². The fourth-order valence-corrected chi connectivity index (χ4v) is 2.04. The fraction of sp³-hybridized carbons (Fsp3) is 0.154. The minimum atomic E-state index is 0.193. The zero-order valence-electron chi connectivity index (χ0n) is 8.46. The summed E-state index contributed by atoms with van der Waals surface area (Å²) in [5, 5.41) is 2.14. The molecule has 0 saturated heterocycles. The number of rotatable bonds is 2. The fourth-order valence-electron chi connectivity index (χ4n) is 1.68. The van der Waals surface area contributed by atoms with Gasteiger partial charge in [-0.2, -0.15) is 0 Å². The van der Waals surface area contributed by atoms with Crippen LogP contribution in [0.3, 0.4) is 0 Å². The molecule has 0 aliphatic rings. The molecule has 0 spiro atoms. The lowest BCUT2D eigenvalue weighted by Gasteiger charge is -2.04. The molecular formula is C13H11BrO. The molecule has 1 nitrogen and oxygen atoms in total. The number of ketones is 1. The Bertz CT molecular complexity index is 517. The second kappa shape index (κ2) is 4.15. The topological polar surface area (TPSA) is 17.1 Å². The lowest BCUT2D eigenvalue weighted by atomic mass is 10.0. The van der Waals surface area contributed by atoms with Gasteiger partial charge in [0.1, 0.15) is 0 Å². The molecule has 0 aliphatic heterocycles. The van der Waals surface area contributed by atoms with E-state index in [0.717, 1.165) is 20.8 Å². The minimum Gasteiger partial charge on any atom is -0.294 e. The Hall–Kier alpha value is -1.15. The van der Waals surface area contributed by atoms with Crippen LogP contribution >= 0.6 is 15.9 Å². The molecule has 2 aromatic carbocycles. The first kappa shape index (κ1) is 10.4. The van der Waals surface area contributed by atoms with E-state index in [9.17, 15) is 4.79 Å². The summed E-state index contributed by atoms with van der Waals surface area (Å²) in [6, 6.07) is 11.8. The molecule has 2 aromatic rings. The summed E-state index contributed by atoms with van der Waals surface area (Å²) in [5.41, 5.74) is 0.816. The highest BCUT2D eigenvalue weighted by Crippen LogP contribution is 2.23. The molecule has 0 N–H and O–H groups in total. The van der Waals surface area contributed by atoms with Crippen molar-refractivity contribution in [3.63, 3.8) is 0 Å². The summed E-state index contributed by atoms with van der Waals surface area (Å²) in [6.07, 6.45) is 0.547. The van der Waals surface area contributed by atoms with E-state index in [-0.39, 0.29) is 5.78 Å². The summed E-state index contributed by atoms with van der Waals surface area (Å²) in [5.74, 6) is 0.193. The zero-order chi connectivity index (χ0) is 10.8. The molecule has 0 amide bonds. The highest BCUT2D eigenvalue weighted by molar-refractivity contribution is 9.10. The van der Waals surface area contributed by atoms with Crippen molar-refractivity contribution in [3.8, 4) is 0 Å². The van der Waals surface area contributed by atoms with Crippen LogP contribution in [-0.4, -0.2) is 5.78 Å². The highest BCUT2D eigenvalue weighted by Gasteiger charge is 2.07. The number of fused-ring (bicyclic) bond motifs is 1. The average molecular weight is 263 g/mol. The maximum Gasteiger partial charge on any atom is 0.163 e. The molecule has 0 fully saturated rings. The van der Waals surface area contributed by atoms with Crippen LogP contribution in [0.5, 0.6) is 0 Å². The Morgan fingerprint density at radius 3 is 2.80 bits per heavy atom. The Morgan fingerprint density at radius 1 is 1.27 bits per heavy atom. The van der Waals surface area contributed by atoms with Crippen LogP contribution in [0.1, 0.15) is 23.7 Å². The number of carbonyl (C=O) groups is 1. The second-order valence-electron chi connectivity index (χ2n) is 3.45. The quantitative estimate of drug-likeness (QED) is 0.742. The molecule has 76 valence electrons. The van der Waals surface area contributed by atoms with E-state index in [1.54, 1.807) is 0 Å². The third-order valence-corrected chi connectivity index (χ3v) is 2.96. The Morgan fingerprint density at radius 2 is 2.07 bits per heavy atom. The molecule has 0 heterocycles. The van der Waals surface area contributed by atoms with E-state index in [1.165, 1.54) is 0 Å². The zero-order valence-corrected chi connectivity index (χ0v) is 10.0. The lowest BCUT2D eigenvalue weighted by Crippen LogP contribution is -1.97. The van der Waals surface area contributed by atoms with Crippen molar-refractivity contribution in [1.82, 2.24) is 0 Å². The van der Waals surface area contributed by atoms with E-state index in [2.05, 4.69) is 15.9 Å². The third-order valence-electron chi connectivity index (χ3n) is 2.47. The summed E-state index contributed by atoms with van der Waals surface area (Å²) in [7, 11) is 0. The SMILES string of the molecule is CCC(=O)c1cccc2ccc(Br)cc12. The van der Waals surface area contributed by atoms with Crippen LogP contribution in [0.4, 0.5) is 0 Å². The third kappa shape index (κ3) is 1.95. The first-order chi connectivity index (χ1) is 7.22. The average Bonchev–Trinajstić information content (AvgIpc) is 2.27. The molecule has 0 aromatic heterocycles. The van der Waals surface area contributed by atoms with Gasteiger partial charge < -0.3 is 0 Å². The molecule has 2 heteroatoms.